The lowest BCUT2D eigenvalue weighted by Crippen LogP contribution is -2.19. The van der Waals surface area contributed by atoms with Gasteiger partial charge >= 0.3 is 5.97 Å². The Morgan fingerprint density at radius 1 is 1.26 bits per heavy atom. The molecule has 0 saturated carbocycles. The molecule has 0 spiro atoms. The fraction of sp³-hybridized carbons (Fsp3) is 0.462. The standard InChI is InChI=1S/C26H31NO4/c1-3-21(26(28)29)23-13-11-19-16-20(12-14-22(19)23)30-15-7-10-24-17(2)31-25(27-24)18-8-5-4-6-9-18/h4-6,8-9,12,14,16-17,21,23-24H,3,7,10-11,13,15H2,1-2H3,(H,28,29)/t17?,21-,23+,24?/m0/s1. The number of carboxylic acids is 1. The molecule has 5 nitrogen and oxygen atoms in total. The van der Waals surface area contributed by atoms with Crippen LogP contribution in [-0.2, 0) is 16.0 Å². The summed E-state index contributed by atoms with van der Waals surface area (Å²) in [5.74, 6) is 0.729. The van der Waals surface area contributed by atoms with Gasteiger partial charge in [-0.3, -0.25) is 4.79 Å². The van der Waals surface area contributed by atoms with Gasteiger partial charge in [0.05, 0.1) is 18.6 Å². The van der Waals surface area contributed by atoms with Gasteiger partial charge in [0.25, 0.3) is 0 Å². The molecule has 0 amide bonds. The van der Waals surface area contributed by atoms with Gasteiger partial charge in [-0.1, -0.05) is 31.2 Å². The first-order valence-corrected chi connectivity index (χ1v) is 11.3. The van der Waals surface area contributed by atoms with Crippen LogP contribution in [0, 0.1) is 5.92 Å². The average Bonchev–Trinajstić information content (AvgIpc) is 3.35. The highest BCUT2D eigenvalue weighted by Gasteiger charge is 2.33. The van der Waals surface area contributed by atoms with Crippen LogP contribution >= 0.6 is 0 Å². The molecule has 2 unspecified atom stereocenters. The maximum Gasteiger partial charge on any atom is 0.307 e. The van der Waals surface area contributed by atoms with Crippen molar-refractivity contribution >= 4 is 11.9 Å². The molecule has 2 aromatic rings. The van der Waals surface area contributed by atoms with Crippen molar-refractivity contribution in [3.05, 3.63) is 65.2 Å². The highest BCUT2D eigenvalue weighted by atomic mass is 16.5. The van der Waals surface area contributed by atoms with E-state index in [9.17, 15) is 9.90 Å². The summed E-state index contributed by atoms with van der Waals surface area (Å²) in [6.07, 6.45) is 4.39. The first-order valence-electron chi connectivity index (χ1n) is 11.3. The number of aliphatic imine (C=N–C) groups is 1. The van der Waals surface area contributed by atoms with E-state index in [0.29, 0.717) is 13.0 Å². The maximum absolute atomic E-state index is 11.6. The quantitative estimate of drug-likeness (QED) is 0.564. The molecule has 4 rings (SSSR count). The number of hydrogen-bond acceptors (Lipinski definition) is 4. The van der Waals surface area contributed by atoms with Crippen molar-refractivity contribution in [1.82, 2.24) is 0 Å². The minimum atomic E-state index is -0.691. The van der Waals surface area contributed by atoms with Gasteiger partial charge in [-0.15, -0.1) is 0 Å². The Hall–Kier alpha value is -2.82. The molecule has 1 N–H and O–H groups in total. The fourth-order valence-electron chi connectivity index (χ4n) is 4.81. The van der Waals surface area contributed by atoms with E-state index in [2.05, 4.69) is 19.1 Å². The molecular formula is C26H31NO4. The van der Waals surface area contributed by atoms with Gasteiger partial charge in [-0.2, -0.15) is 0 Å². The number of hydrogen-bond donors (Lipinski definition) is 1. The molecule has 0 saturated heterocycles. The van der Waals surface area contributed by atoms with Gasteiger partial charge in [-0.05, 0) is 80.3 Å². The van der Waals surface area contributed by atoms with E-state index < -0.39 is 5.97 Å². The van der Waals surface area contributed by atoms with Crippen molar-refractivity contribution < 1.29 is 19.4 Å². The van der Waals surface area contributed by atoms with E-state index >= 15 is 0 Å². The maximum atomic E-state index is 11.6. The van der Waals surface area contributed by atoms with Crippen LogP contribution in [0.15, 0.2) is 53.5 Å². The van der Waals surface area contributed by atoms with Gasteiger partial charge in [0.2, 0.25) is 5.90 Å². The largest absolute Gasteiger partial charge is 0.494 e. The molecule has 2 aliphatic rings. The molecule has 0 fully saturated rings. The Morgan fingerprint density at radius 3 is 2.81 bits per heavy atom. The second-order valence-electron chi connectivity index (χ2n) is 8.54. The van der Waals surface area contributed by atoms with Crippen LogP contribution < -0.4 is 4.74 Å². The lowest BCUT2D eigenvalue weighted by molar-refractivity contribution is -0.142. The van der Waals surface area contributed by atoms with E-state index in [4.69, 9.17) is 14.5 Å². The molecule has 31 heavy (non-hydrogen) atoms. The summed E-state index contributed by atoms with van der Waals surface area (Å²) in [4.78, 5) is 16.3. The number of benzene rings is 2. The Bertz CT molecular complexity index is 940. The second-order valence-corrected chi connectivity index (χ2v) is 8.54. The summed E-state index contributed by atoms with van der Waals surface area (Å²) in [6, 6.07) is 16.3. The van der Waals surface area contributed by atoms with E-state index in [0.717, 1.165) is 42.9 Å². The molecule has 1 aliphatic heterocycles. The highest BCUT2D eigenvalue weighted by Crippen LogP contribution is 2.41. The van der Waals surface area contributed by atoms with Gasteiger partial charge in [0.15, 0.2) is 0 Å². The molecular weight excluding hydrogens is 390 g/mol. The van der Waals surface area contributed by atoms with Crippen molar-refractivity contribution in [1.29, 1.82) is 0 Å². The second kappa shape index (κ2) is 9.54. The Labute approximate surface area is 184 Å². The molecule has 1 aliphatic carbocycles. The predicted octanol–water partition coefficient (Wildman–Crippen LogP) is 5.22. The van der Waals surface area contributed by atoms with Gasteiger partial charge < -0.3 is 14.6 Å². The van der Waals surface area contributed by atoms with Gasteiger partial charge in [0.1, 0.15) is 11.9 Å². The van der Waals surface area contributed by atoms with Crippen LogP contribution in [0.25, 0.3) is 0 Å². The van der Waals surface area contributed by atoms with Gasteiger partial charge in [0, 0.05) is 5.56 Å². The first kappa shape index (κ1) is 21.4. The Balaban J connectivity index is 1.29. The van der Waals surface area contributed by atoms with E-state index in [1.54, 1.807) is 0 Å². The molecule has 0 bridgehead atoms. The monoisotopic (exact) mass is 421 g/mol. The van der Waals surface area contributed by atoms with Crippen molar-refractivity contribution in [3.8, 4) is 5.75 Å². The zero-order valence-electron chi connectivity index (χ0n) is 18.3. The minimum absolute atomic E-state index is 0.0767. The summed E-state index contributed by atoms with van der Waals surface area (Å²) < 4.78 is 12.0. The number of fused-ring (bicyclic) bond motifs is 1. The first-order chi connectivity index (χ1) is 15.1. The lowest BCUT2D eigenvalue weighted by Gasteiger charge is -2.19. The van der Waals surface area contributed by atoms with Crippen LogP contribution in [0.1, 0.15) is 62.1 Å². The summed E-state index contributed by atoms with van der Waals surface area (Å²) in [5.41, 5.74) is 3.44. The van der Waals surface area contributed by atoms with Crippen molar-refractivity contribution in [2.24, 2.45) is 10.9 Å². The van der Waals surface area contributed by atoms with Crippen LogP contribution in [-0.4, -0.2) is 35.7 Å². The summed E-state index contributed by atoms with van der Waals surface area (Å²) in [5, 5.41) is 9.50. The van der Waals surface area contributed by atoms with Crippen LogP contribution in [0.4, 0.5) is 0 Å². The zero-order valence-corrected chi connectivity index (χ0v) is 18.3. The SMILES string of the molecule is CC[C@H](C(=O)O)[C@H]1CCc2cc(OCCCC3N=C(c4ccccc4)OC3C)ccc21. The third-order valence-electron chi connectivity index (χ3n) is 6.54. The van der Waals surface area contributed by atoms with Gasteiger partial charge in [-0.25, -0.2) is 4.99 Å². The molecule has 1 heterocycles. The molecule has 0 radical (unpaired) electrons. The summed E-state index contributed by atoms with van der Waals surface area (Å²) in [6.45, 7) is 4.66. The van der Waals surface area contributed by atoms with E-state index in [1.165, 1.54) is 11.1 Å². The van der Waals surface area contributed by atoms with Crippen molar-refractivity contribution in [3.63, 3.8) is 0 Å². The molecule has 164 valence electrons. The van der Waals surface area contributed by atoms with Crippen LogP contribution in [0.2, 0.25) is 0 Å². The van der Waals surface area contributed by atoms with E-state index in [-0.39, 0.29) is 24.0 Å². The smallest absolute Gasteiger partial charge is 0.307 e. The number of carboxylic acid groups (broad SMARTS) is 1. The highest BCUT2D eigenvalue weighted by molar-refractivity contribution is 5.95. The third kappa shape index (κ3) is 4.76. The summed E-state index contributed by atoms with van der Waals surface area (Å²) in [7, 11) is 0. The Kier molecular flexibility index (Phi) is 6.59. The average molecular weight is 422 g/mol. The molecule has 4 atom stereocenters. The number of nitrogens with zero attached hydrogens (tertiary/aromatic N) is 1. The molecule has 5 heteroatoms. The summed E-state index contributed by atoms with van der Waals surface area (Å²) >= 11 is 0. The lowest BCUT2D eigenvalue weighted by atomic mass is 9.85. The zero-order chi connectivity index (χ0) is 21.8. The number of aliphatic carboxylic acids is 1. The predicted molar refractivity (Wildman–Crippen MR) is 121 cm³/mol. The van der Waals surface area contributed by atoms with Crippen LogP contribution in [0.5, 0.6) is 5.75 Å². The fourth-order valence-corrected chi connectivity index (χ4v) is 4.81. The Morgan fingerprint density at radius 2 is 2.06 bits per heavy atom. The normalized spacial score (nSPS) is 23.0. The number of rotatable bonds is 9. The number of carbonyl (C=O) groups is 1. The van der Waals surface area contributed by atoms with Crippen LogP contribution in [0.3, 0.4) is 0 Å². The third-order valence-corrected chi connectivity index (χ3v) is 6.54. The molecule has 2 aromatic carbocycles. The van der Waals surface area contributed by atoms with Crippen molar-refractivity contribution in [2.45, 2.75) is 64.0 Å². The minimum Gasteiger partial charge on any atom is -0.494 e. The number of ether oxygens (including phenoxy) is 2. The molecule has 0 aromatic heterocycles. The van der Waals surface area contributed by atoms with Crippen molar-refractivity contribution in [2.75, 3.05) is 6.61 Å². The topological polar surface area (TPSA) is 68.1 Å². The van der Waals surface area contributed by atoms with E-state index in [1.807, 2.05) is 43.3 Å². The number of aryl methyl sites for hydroxylation is 1.